The summed E-state index contributed by atoms with van der Waals surface area (Å²) in [6.45, 7) is 5.75. The molecule has 3 saturated carbocycles. The molecule has 158 valence electrons. The van der Waals surface area contributed by atoms with Crippen molar-refractivity contribution in [1.29, 1.82) is 0 Å². The van der Waals surface area contributed by atoms with Crippen LogP contribution in [0.4, 0.5) is 0 Å². The zero-order chi connectivity index (χ0) is 20.8. The standard InChI is InChI=1S/C23H30O6/c1-12-19(26)29-23(20(27)28-12)9-7-16-15-5-4-13-10-14(24)6-8-21(13,2)18(15)17(25)11-22(16,23)3/h10,12,15-18,25H,4-9,11H2,1-3H3. The molecule has 5 rings (SSSR count). The molecule has 0 amide bonds. The van der Waals surface area contributed by atoms with Crippen molar-refractivity contribution in [2.75, 3.05) is 0 Å². The number of fused-ring (bicyclic) bond motifs is 6. The molecule has 0 radical (unpaired) electrons. The molecule has 0 aromatic rings. The van der Waals surface area contributed by atoms with Gasteiger partial charge in [0, 0.05) is 11.8 Å². The van der Waals surface area contributed by atoms with Gasteiger partial charge in [0.05, 0.1) is 6.10 Å². The van der Waals surface area contributed by atoms with E-state index in [9.17, 15) is 19.5 Å². The Morgan fingerprint density at radius 1 is 1.10 bits per heavy atom. The first-order valence-electron chi connectivity index (χ1n) is 11.0. The van der Waals surface area contributed by atoms with Gasteiger partial charge in [-0.1, -0.05) is 19.4 Å². The zero-order valence-corrected chi connectivity index (χ0v) is 17.4. The Bertz CT molecular complexity index is 831. The smallest absolute Gasteiger partial charge is 0.352 e. The molecule has 4 fully saturated rings. The van der Waals surface area contributed by atoms with Crippen LogP contribution in [-0.4, -0.2) is 40.6 Å². The first kappa shape index (κ1) is 19.3. The summed E-state index contributed by atoms with van der Waals surface area (Å²) in [4.78, 5) is 37.3. The van der Waals surface area contributed by atoms with Crippen molar-refractivity contribution in [3.8, 4) is 0 Å². The number of aliphatic hydroxyl groups excluding tert-OH is 1. The highest BCUT2D eigenvalue weighted by atomic mass is 16.7. The van der Waals surface area contributed by atoms with Gasteiger partial charge in [-0.15, -0.1) is 0 Å². The molecular weight excluding hydrogens is 372 g/mol. The molecule has 6 heteroatoms. The van der Waals surface area contributed by atoms with E-state index in [1.165, 1.54) is 12.5 Å². The molecule has 1 aliphatic heterocycles. The monoisotopic (exact) mass is 402 g/mol. The summed E-state index contributed by atoms with van der Waals surface area (Å²) in [6, 6.07) is 0. The molecular formula is C23H30O6. The highest BCUT2D eigenvalue weighted by Crippen LogP contribution is 2.68. The van der Waals surface area contributed by atoms with Gasteiger partial charge in [0.2, 0.25) is 5.60 Å². The van der Waals surface area contributed by atoms with E-state index in [4.69, 9.17) is 9.47 Å². The third-order valence-electron chi connectivity index (χ3n) is 9.24. The maximum absolute atomic E-state index is 13.0. The van der Waals surface area contributed by atoms with Crippen LogP contribution in [0.15, 0.2) is 11.6 Å². The molecule has 8 unspecified atom stereocenters. The van der Waals surface area contributed by atoms with Crippen molar-refractivity contribution < 1.29 is 29.0 Å². The number of carbonyl (C=O) groups excluding carboxylic acids is 3. The first-order valence-corrected chi connectivity index (χ1v) is 11.0. The minimum absolute atomic E-state index is 0.0676. The second kappa shape index (κ2) is 5.93. The van der Waals surface area contributed by atoms with E-state index >= 15 is 0 Å². The quantitative estimate of drug-likeness (QED) is 0.627. The predicted molar refractivity (Wildman–Crippen MR) is 102 cm³/mol. The van der Waals surface area contributed by atoms with Gasteiger partial charge >= 0.3 is 11.9 Å². The van der Waals surface area contributed by atoms with Gasteiger partial charge in [0.1, 0.15) is 0 Å². The van der Waals surface area contributed by atoms with Gasteiger partial charge in [-0.3, -0.25) is 4.79 Å². The Hall–Kier alpha value is -1.69. The minimum Gasteiger partial charge on any atom is -0.448 e. The maximum Gasteiger partial charge on any atom is 0.352 e. The Balaban J connectivity index is 1.54. The van der Waals surface area contributed by atoms with Crippen molar-refractivity contribution >= 4 is 17.7 Å². The number of esters is 2. The number of allylic oxidation sites excluding steroid dienone is 1. The van der Waals surface area contributed by atoms with Gasteiger partial charge in [-0.05, 0) is 74.7 Å². The van der Waals surface area contributed by atoms with Crippen LogP contribution in [0.5, 0.6) is 0 Å². The van der Waals surface area contributed by atoms with Gasteiger partial charge < -0.3 is 14.6 Å². The van der Waals surface area contributed by atoms with Crippen molar-refractivity contribution in [1.82, 2.24) is 0 Å². The number of hydrogen-bond acceptors (Lipinski definition) is 6. The van der Waals surface area contributed by atoms with Crippen LogP contribution < -0.4 is 0 Å². The van der Waals surface area contributed by atoms with Crippen molar-refractivity contribution in [3.63, 3.8) is 0 Å². The molecule has 0 aromatic carbocycles. The van der Waals surface area contributed by atoms with Gasteiger partial charge in [-0.25, -0.2) is 9.59 Å². The van der Waals surface area contributed by atoms with E-state index < -0.39 is 35.2 Å². The van der Waals surface area contributed by atoms with E-state index in [0.717, 1.165) is 25.7 Å². The van der Waals surface area contributed by atoms with E-state index in [1.54, 1.807) is 0 Å². The predicted octanol–water partition coefficient (Wildman–Crippen LogP) is 2.72. The highest BCUT2D eigenvalue weighted by molar-refractivity contribution is 5.92. The lowest BCUT2D eigenvalue weighted by Crippen LogP contribution is -2.65. The van der Waals surface area contributed by atoms with E-state index in [2.05, 4.69) is 6.92 Å². The Morgan fingerprint density at radius 2 is 1.86 bits per heavy atom. The van der Waals surface area contributed by atoms with Crippen molar-refractivity contribution in [2.24, 2.45) is 28.6 Å². The molecule has 4 aliphatic carbocycles. The molecule has 1 heterocycles. The van der Waals surface area contributed by atoms with Crippen LogP contribution in [-0.2, 0) is 23.9 Å². The average molecular weight is 402 g/mol. The Morgan fingerprint density at radius 3 is 2.62 bits per heavy atom. The number of cyclic esters (lactones) is 1. The molecule has 1 N–H and O–H groups in total. The van der Waals surface area contributed by atoms with E-state index in [-0.39, 0.29) is 29.0 Å². The zero-order valence-electron chi connectivity index (χ0n) is 17.4. The maximum atomic E-state index is 13.0. The fourth-order valence-corrected chi connectivity index (χ4v) is 7.78. The lowest BCUT2D eigenvalue weighted by Gasteiger charge is -2.60. The van der Waals surface area contributed by atoms with Gasteiger partial charge in [-0.2, -0.15) is 0 Å². The Kier molecular flexibility index (Phi) is 3.94. The SMILES string of the molecule is CC1OC(=O)C2(CCC3C4CCC5=CC(=O)CCC5(C)C4C(O)CC32C)OC1=O. The van der Waals surface area contributed by atoms with Crippen molar-refractivity contribution in [3.05, 3.63) is 11.6 Å². The molecule has 1 spiro atoms. The number of hydrogen-bond donors (Lipinski definition) is 1. The van der Waals surface area contributed by atoms with Crippen LogP contribution in [0, 0.1) is 28.6 Å². The van der Waals surface area contributed by atoms with Crippen LogP contribution in [0.3, 0.4) is 0 Å². The Labute approximate surface area is 171 Å². The molecule has 29 heavy (non-hydrogen) atoms. The average Bonchev–Trinajstić information content (AvgIpc) is 2.93. The molecule has 0 aromatic heterocycles. The molecule has 0 bridgehead atoms. The van der Waals surface area contributed by atoms with Crippen LogP contribution in [0.25, 0.3) is 0 Å². The third-order valence-corrected chi connectivity index (χ3v) is 9.24. The number of aliphatic hydroxyl groups is 1. The van der Waals surface area contributed by atoms with E-state index in [0.29, 0.717) is 19.3 Å². The third kappa shape index (κ3) is 2.30. The summed E-state index contributed by atoms with van der Waals surface area (Å²) >= 11 is 0. The first-order chi connectivity index (χ1) is 13.6. The fraction of sp³-hybridized carbons (Fsp3) is 0.783. The fourth-order valence-electron chi connectivity index (χ4n) is 7.78. The van der Waals surface area contributed by atoms with Gasteiger partial charge in [0.15, 0.2) is 11.9 Å². The second-order valence-corrected chi connectivity index (χ2v) is 10.4. The topological polar surface area (TPSA) is 89.9 Å². The molecule has 5 aliphatic rings. The number of rotatable bonds is 0. The lowest BCUT2D eigenvalue weighted by atomic mass is 9.45. The molecule has 6 nitrogen and oxygen atoms in total. The van der Waals surface area contributed by atoms with Gasteiger partial charge in [0.25, 0.3) is 0 Å². The number of ketones is 1. The largest absolute Gasteiger partial charge is 0.448 e. The molecule has 8 atom stereocenters. The van der Waals surface area contributed by atoms with Crippen LogP contribution in [0.2, 0.25) is 0 Å². The minimum atomic E-state index is -1.28. The van der Waals surface area contributed by atoms with E-state index in [1.807, 2.05) is 13.0 Å². The van der Waals surface area contributed by atoms with Crippen LogP contribution in [0.1, 0.15) is 65.7 Å². The highest BCUT2D eigenvalue weighted by Gasteiger charge is 2.72. The summed E-state index contributed by atoms with van der Waals surface area (Å²) in [7, 11) is 0. The second-order valence-electron chi connectivity index (χ2n) is 10.4. The summed E-state index contributed by atoms with van der Waals surface area (Å²) in [5.41, 5.74) is -0.913. The number of carbonyl (C=O) groups is 3. The summed E-state index contributed by atoms with van der Waals surface area (Å²) in [6.07, 6.45) is 5.05. The normalized spacial score (nSPS) is 51.5. The number of ether oxygens (including phenoxy) is 2. The summed E-state index contributed by atoms with van der Waals surface area (Å²) in [5.74, 6) is -0.263. The summed E-state index contributed by atoms with van der Waals surface area (Å²) < 4.78 is 11.2. The summed E-state index contributed by atoms with van der Waals surface area (Å²) in [5, 5.41) is 11.4. The molecule has 1 saturated heterocycles. The van der Waals surface area contributed by atoms with Crippen molar-refractivity contribution in [2.45, 2.75) is 83.5 Å². The van der Waals surface area contributed by atoms with Crippen LogP contribution >= 0.6 is 0 Å². The lowest BCUT2D eigenvalue weighted by molar-refractivity contribution is -0.236.